The van der Waals surface area contributed by atoms with E-state index in [4.69, 9.17) is 14.2 Å². The van der Waals surface area contributed by atoms with E-state index in [-0.39, 0.29) is 12.8 Å². The lowest BCUT2D eigenvalue weighted by atomic mass is 10.2. The van der Waals surface area contributed by atoms with Crippen molar-refractivity contribution in [2.24, 2.45) is 0 Å². The number of carbonyl (C=O) groups is 1. The quantitative estimate of drug-likeness (QED) is 0.379. The van der Waals surface area contributed by atoms with Crippen molar-refractivity contribution in [1.82, 2.24) is 0 Å². The maximum Gasteiger partial charge on any atom is 0.304 e. The fourth-order valence-corrected chi connectivity index (χ4v) is 1.38. The largest absolute Gasteiger partial charge is 0.439 e. The van der Waals surface area contributed by atoms with E-state index in [1.165, 1.54) is 6.92 Å². The van der Waals surface area contributed by atoms with Crippen molar-refractivity contribution in [2.75, 3.05) is 26.6 Å². The van der Waals surface area contributed by atoms with Gasteiger partial charge in [0.05, 0.1) is 19.8 Å². The highest BCUT2D eigenvalue weighted by atomic mass is 16.7. The van der Waals surface area contributed by atoms with Gasteiger partial charge in [-0.2, -0.15) is 0 Å². The van der Waals surface area contributed by atoms with Crippen LogP contribution in [0.2, 0.25) is 0 Å². The van der Waals surface area contributed by atoms with Crippen LogP contribution in [0.15, 0.2) is 0 Å². The topological polar surface area (TPSA) is 54.0 Å². The number of hydrogen-bond acceptors (Lipinski definition) is 5. The van der Waals surface area contributed by atoms with Crippen molar-refractivity contribution in [3.05, 3.63) is 0 Å². The average molecular weight is 218 g/mol. The summed E-state index contributed by atoms with van der Waals surface area (Å²) in [6.45, 7) is 5.15. The van der Waals surface area contributed by atoms with Gasteiger partial charge in [-0.1, -0.05) is 0 Å². The van der Waals surface area contributed by atoms with Gasteiger partial charge >= 0.3 is 5.97 Å². The molecule has 0 spiro atoms. The Hall–Kier alpha value is -0.650. The van der Waals surface area contributed by atoms with E-state index in [2.05, 4.69) is 4.74 Å². The Labute approximate surface area is 89.6 Å². The zero-order chi connectivity index (χ0) is 11.1. The first-order valence-corrected chi connectivity index (χ1v) is 5.11. The molecule has 1 aliphatic heterocycles. The van der Waals surface area contributed by atoms with Crippen molar-refractivity contribution in [3.63, 3.8) is 0 Å². The summed E-state index contributed by atoms with van der Waals surface area (Å²) >= 11 is 0. The molecule has 0 aromatic rings. The Bertz CT molecular complexity index is 198. The van der Waals surface area contributed by atoms with Crippen molar-refractivity contribution in [1.29, 1.82) is 0 Å². The zero-order valence-electron chi connectivity index (χ0n) is 9.28. The highest BCUT2D eigenvalue weighted by Crippen LogP contribution is 2.23. The molecule has 0 aromatic carbocycles. The van der Waals surface area contributed by atoms with Gasteiger partial charge in [-0.25, -0.2) is 0 Å². The van der Waals surface area contributed by atoms with Gasteiger partial charge in [0.25, 0.3) is 0 Å². The molecule has 0 atom stereocenters. The number of esters is 1. The lowest BCUT2D eigenvalue weighted by molar-refractivity contribution is -0.159. The van der Waals surface area contributed by atoms with Crippen LogP contribution in [0.5, 0.6) is 0 Å². The monoisotopic (exact) mass is 218 g/mol. The lowest BCUT2D eigenvalue weighted by Gasteiger charge is -2.21. The molecule has 0 saturated carbocycles. The maximum atomic E-state index is 10.4. The van der Waals surface area contributed by atoms with Gasteiger partial charge in [0.1, 0.15) is 0 Å². The van der Waals surface area contributed by atoms with Crippen LogP contribution < -0.4 is 0 Å². The third-order valence-electron chi connectivity index (χ3n) is 2.16. The molecule has 0 aromatic heterocycles. The summed E-state index contributed by atoms with van der Waals surface area (Å²) in [5.74, 6) is -0.783. The van der Waals surface area contributed by atoms with E-state index >= 15 is 0 Å². The van der Waals surface area contributed by atoms with Crippen molar-refractivity contribution in [2.45, 2.75) is 32.5 Å². The molecule has 5 heteroatoms. The third kappa shape index (κ3) is 5.11. The minimum Gasteiger partial charge on any atom is -0.439 e. The third-order valence-corrected chi connectivity index (χ3v) is 2.16. The molecule has 15 heavy (non-hydrogen) atoms. The molecular formula is C10H18O5. The van der Waals surface area contributed by atoms with Gasteiger partial charge in [0.15, 0.2) is 12.6 Å². The van der Waals surface area contributed by atoms with Gasteiger partial charge in [0, 0.05) is 13.3 Å². The predicted octanol–water partition coefficient (Wildman–Crippen LogP) is 1.07. The summed E-state index contributed by atoms with van der Waals surface area (Å²) in [6, 6.07) is 0. The molecule has 1 saturated heterocycles. The van der Waals surface area contributed by atoms with Gasteiger partial charge in [-0.15, -0.1) is 0 Å². The second-order valence-corrected chi connectivity index (χ2v) is 3.60. The van der Waals surface area contributed by atoms with Crippen LogP contribution in [-0.4, -0.2) is 38.4 Å². The first-order valence-electron chi connectivity index (χ1n) is 5.11. The number of carbonyl (C=O) groups excluding carboxylic acids is 1. The Morgan fingerprint density at radius 3 is 2.67 bits per heavy atom. The van der Waals surface area contributed by atoms with Gasteiger partial charge in [-0.05, 0) is 13.3 Å². The minimum absolute atomic E-state index is 0.0216. The fourth-order valence-electron chi connectivity index (χ4n) is 1.38. The van der Waals surface area contributed by atoms with E-state index in [1.54, 1.807) is 0 Å². The molecule has 0 aliphatic carbocycles. The first-order chi connectivity index (χ1) is 7.12. The number of rotatable bonds is 6. The molecule has 0 N–H and O–H groups in total. The summed E-state index contributed by atoms with van der Waals surface area (Å²) in [4.78, 5) is 10.4. The molecule has 5 nitrogen and oxygen atoms in total. The second kappa shape index (κ2) is 6.05. The first kappa shape index (κ1) is 12.4. The number of ether oxygens (including phenoxy) is 4. The van der Waals surface area contributed by atoms with Gasteiger partial charge < -0.3 is 18.9 Å². The lowest BCUT2D eigenvalue weighted by Crippen LogP contribution is -2.25. The summed E-state index contributed by atoms with van der Waals surface area (Å²) in [6.07, 6.45) is 1.60. The molecule has 1 fully saturated rings. The zero-order valence-corrected chi connectivity index (χ0v) is 9.28. The number of hydrogen-bond donors (Lipinski definition) is 0. The van der Waals surface area contributed by atoms with Crippen LogP contribution in [-0.2, 0) is 23.7 Å². The van der Waals surface area contributed by atoms with E-state index in [9.17, 15) is 4.79 Å². The Balaban J connectivity index is 1.94. The van der Waals surface area contributed by atoms with Crippen LogP contribution >= 0.6 is 0 Å². The molecule has 0 amide bonds. The summed E-state index contributed by atoms with van der Waals surface area (Å²) in [5.41, 5.74) is 0. The van der Waals surface area contributed by atoms with Gasteiger partial charge in [0.2, 0.25) is 0 Å². The van der Waals surface area contributed by atoms with E-state index < -0.39 is 5.79 Å². The minimum atomic E-state index is -0.454. The van der Waals surface area contributed by atoms with Crippen LogP contribution in [0.4, 0.5) is 0 Å². The van der Waals surface area contributed by atoms with Crippen molar-refractivity contribution in [3.8, 4) is 0 Å². The highest BCUT2D eigenvalue weighted by Gasteiger charge is 2.29. The van der Waals surface area contributed by atoms with E-state index in [0.29, 0.717) is 19.8 Å². The molecule has 0 unspecified atom stereocenters. The van der Waals surface area contributed by atoms with Crippen LogP contribution in [0, 0.1) is 0 Å². The molecule has 1 heterocycles. The Morgan fingerprint density at radius 2 is 2.07 bits per heavy atom. The predicted molar refractivity (Wildman–Crippen MR) is 52.1 cm³/mol. The average Bonchev–Trinajstić information content (AvgIpc) is 2.58. The summed E-state index contributed by atoms with van der Waals surface area (Å²) in [5, 5.41) is 0. The molecule has 0 bridgehead atoms. The van der Waals surface area contributed by atoms with Crippen LogP contribution in [0.3, 0.4) is 0 Å². The second-order valence-electron chi connectivity index (χ2n) is 3.60. The summed E-state index contributed by atoms with van der Waals surface area (Å²) in [7, 11) is 0. The maximum absolute atomic E-state index is 10.4. The van der Waals surface area contributed by atoms with Crippen LogP contribution in [0.25, 0.3) is 0 Å². The van der Waals surface area contributed by atoms with E-state index in [0.717, 1.165) is 12.8 Å². The molecular weight excluding hydrogens is 200 g/mol. The summed E-state index contributed by atoms with van der Waals surface area (Å²) < 4.78 is 20.6. The van der Waals surface area contributed by atoms with Crippen molar-refractivity contribution < 1.29 is 23.7 Å². The van der Waals surface area contributed by atoms with Gasteiger partial charge in [-0.3, -0.25) is 4.79 Å². The molecule has 88 valence electrons. The normalized spacial score (nSPS) is 19.1. The van der Waals surface area contributed by atoms with Crippen molar-refractivity contribution >= 4 is 5.97 Å². The molecule has 1 rings (SSSR count). The molecule has 1 aliphatic rings. The van der Waals surface area contributed by atoms with E-state index in [1.807, 2.05) is 6.92 Å². The Morgan fingerprint density at radius 1 is 1.40 bits per heavy atom. The standard InChI is InChI=1S/C10H18O5/c1-9(11)13-8-12-5-3-4-10(2)14-6-7-15-10/h3-8H2,1-2H3. The smallest absolute Gasteiger partial charge is 0.304 e. The van der Waals surface area contributed by atoms with Crippen LogP contribution in [0.1, 0.15) is 26.7 Å². The SMILES string of the molecule is CC(=O)OCOCCCC1(C)OCCO1. The Kier molecular flexibility index (Phi) is 5.01. The fraction of sp³-hybridized carbons (Fsp3) is 0.900. The highest BCUT2D eigenvalue weighted by molar-refractivity contribution is 5.65. The molecule has 0 radical (unpaired) electrons.